The van der Waals surface area contributed by atoms with Crippen molar-refractivity contribution in [1.82, 2.24) is 29.5 Å². The highest BCUT2D eigenvalue weighted by Gasteiger charge is 2.38. The maximum Gasteiger partial charge on any atom is 0.228 e. The number of carbonyl (C=O) groups excluding carboxylic acids is 2. The molecule has 27 heavy (non-hydrogen) atoms. The van der Waals surface area contributed by atoms with Gasteiger partial charge in [-0.05, 0) is 25.0 Å². The highest BCUT2D eigenvalue weighted by molar-refractivity contribution is 5.89. The summed E-state index contributed by atoms with van der Waals surface area (Å²) in [6.45, 7) is 2.33. The van der Waals surface area contributed by atoms with Gasteiger partial charge in [0.05, 0.1) is 18.2 Å². The molecule has 4 heterocycles. The van der Waals surface area contributed by atoms with Crippen LogP contribution in [0.1, 0.15) is 36.7 Å². The van der Waals surface area contributed by atoms with Gasteiger partial charge in [-0.25, -0.2) is 0 Å². The predicted octanol–water partition coefficient (Wildman–Crippen LogP) is 0.965. The zero-order valence-electron chi connectivity index (χ0n) is 15.5. The number of pyridine rings is 1. The quantitative estimate of drug-likeness (QED) is 0.803. The Labute approximate surface area is 158 Å². The lowest BCUT2D eigenvalue weighted by molar-refractivity contribution is -0.137. The van der Waals surface area contributed by atoms with Crippen molar-refractivity contribution in [2.45, 2.75) is 31.7 Å². The van der Waals surface area contributed by atoms with Crippen molar-refractivity contribution in [2.75, 3.05) is 19.6 Å². The van der Waals surface area contributed by atoms with E-state index in [9.17, 15) is 9.59 Å². The molecule has 0 aliphatic carbocycles. The topological polar surface area (TPSA) is 84.2 Å². The number of aromatic nitrogens is 4. The summed E-state index contributed by atoms with van der Waals surface area (Å²) in [4.78, 5) is 33.3. The fraction of sp³-hybridized carbons (Fsp3) is 0.526. The first-order valence-electron chi connectivity index (χ1n) is 9.42. The first-order chi connectivity index (χ1) is 13.1. The third-order valence-corrected chi connectivity index (χ3v) is 5.49. The van der Waals surface area contributed by atoms with E-state index in [1.165, 1.54) is 0 Å². The van der Waals surface area contributed by atoms with Crippen LogP contribution in [-0.2, 0) is 23.2 Å². The molecule has 0 N–H and O–H groups in total. The maximum atomic E-state index is 13.0. The van der Waals surface area contributed by atoms with Crippen LogP contribution in [0.2, 0.25) is 0 Å². The number of nitrogens with zero attached hydrogens (tertiary/aromatic N) is 6. The molecule has 8 nitrogen and oxygen atoms in total. The first kappa shape index (κ1) is 17.6. The number of amides is 2. The van der Waals surface area contributed by atoms with Crippen LogP contribution in [0.3, 0.4) is 0 Å². The zero-order chi connectivity index (χ0) is 18.8. The second kappa shape index (κ2) is 7.46. The maximum absolute atomic E-state index is 13.0. The number of carbonyl (C=O) groups is 2. The molecule has 142 valence electrons. The molecule has 4 rings (SSSR count). The largest absolute Gasteiger partial charge is 0.342 e. The highest BCUT2D eigenvalue weighted by atomic mass is 16.2. The van der Waals surface area contributed by atoms with Gasteiger partial charge in [-0.2, -0.15) is 0 Å². The molecule has 0 bridgehead atoms. The fourth-order valence-corrected chi connectivity index (χ4v) is 4.09. The van der Waals surface area contributed by atoms with Gasteiger partial charge in [-0.15, -0.1) is 10.2 Å². The Hall–Kier alpha value is -2.77. The average molecular weight is 368 g/mol. The molecular formula is C19H24N6O2. The van der Waals surface area contributed by atoms with Crippen molar-refractivity contribution in [1.29, 1.82) is 0 Å². The minimum Gasteiger partial charge on any atom is -0.342 e. The number of aryl methyl sites for hydroxylation is 1. The van der Waals surface area contributed by atoms with E-state index >= 15 is 0 Å². The van der Waals surface area contributed by atoms with Crippen molar-refractivity contribution >= 4 is 11.8 Å². The van der Waals surface area contributed by atoms with Crippen LogP contribution in [0.5, 0.6) is 0 Å². The van der Waals surface area contributed by atoms with Crippen molar-refractivity contribution < 1.29 is 9.59 Å². The fourth-order valence-electron chi connectivity index (χ4n) is 4.09. The molecule has 2 atom stereocenters. The van der Waals surface area contributed by atoms with Crippen molar-refractivity contribution in [3.05, 3.63) is 42.2 Å². The summed E-state index contributed by atoms with van der Waals surface area (Å²) in [6, 6.07) is 5.66. The summed E-state index contributed by atoms with van der Waals surface area (Å²) in [5.74, 6) is 0.975. The van der Waals surface area contributed by atoms with E-state index < -0.39 is 0 Å². The second-order valence-electron chi connectivity index (χ2n) is 7.42. The zero-order valence-corrected chi connectivity index (χ0v) is 15.5. The van der Waals surface area contributed by atoms with Crippen molar-refractivity contribution in [3.63, 3.8) is 0 Å². The summed E-state index contributed by atoms with van der Waals surface area (Å²) in [6.07, 6.45) is 5.66. The number of hydrogen-bond acceptors (Lipinski definition) is 5. The SMILES string of the molecule is Cn1cnnc1[C@H]1CCCN(C(=O)[C@H]2CC(=O)N(Cc3ccccn3)C2)C1. The van der Waals surface area contributed by atoms with E-state index in [2.05, 4.69) is 15.2 Å². The molecule has 2 fully saturated rings. The molecule has 0 spiro atoms. The van der Waals surface area contributed by atoms with Crippen molar-refractivity contribution in [2.24, 2.45) is 13.0 Å². The van der Waals surface area contributed by atoms with Crippen LogP contribution in [0.15, 0.2) is 30.7 Å². The standard InChI is InChI=1S/C19H24N6O2/c1-23-13-21-22-18(23)14-5-4-8-24(10-14)19(27)15-9-17(26)25(11-15)12-16-6-2-3-7-20-16/h2-3,6-7,13-15H,4-5,8-12H2,1H3/t14-,15-/m0/s1. The molecule has 2 aliphatic rings. The number of piperidine rings is 1. The summed E-state index contributed by atoms with van der Waals surface area (Å²) in [5.41, 5.74) is 0.847. The molecule has 0 aromatic carbocycles. The second-order valence-corrected chi connectivity index (χ2v) is 7.42. The van der Waals surface area contributed by atoms with Gasteiger partial charge in [-0.3, -0.25) is 14.6 Å². The van der Waals surface area contributed by atoms with Gasteiger partial charge in [0.2, 0.25) is 11.8 Å². The Balaban J connectivity index is 1.39. The van der Waals surface area contributed by atoms with Crippen LogP contribution >= 0.6 is 0 Å². The monoisotopic (exact) mass is 368 g/mol. The molecule has 2 aromatic heterocycles. The van der Waals surface area contributed by atoms with Gasteiger partial charge in [0.15, 0.2) is 0 Å². The van der Waals surface area contributed by atoms with E-state index in [4.69, 9.17) is 0 Å². The summed E-state index contributed by atoms with van der Waals surface area (Å²) in [5, 5.41) is 8.16. The van der Waals surface area contributed by atoms with Gasteiger partial charge in [0.1, 0.15) is 12.2 Å². The molecule has 2 aliphatic heterocycles. The molecule has 8 heteroatoms. The first-order valence-corrected chi connectivity index (χ1v) is 9.42. The van der Waals surface area contributed by atoms with Gasteiger partial charge in [0.25, 0.3) is 0 Å². The minimum atomic E-state index is -0.264. The lowest BCUT2D eigenvalue weighted by Crippen LogP contribution is -2.43. The molecule has 0 unspecified atom stereocenters. The Bertz CT molecular complexity index is 821. The third-order valence-electron chi connectivity index (χ3n) is 5.49. The molecule has 2 saturated heterocycles. The Morgan fingerprint density at radius 3 is 2.93 bits per heavy atom. The third kappa shape index (κ3) is 3.70. The normalized spacial score (nSPS) is 23.1. The van der Waals surface area contributed by atoms with Crippen LogP contribution in [0.25, 0.3) is 0 Å². The van der Waals surface area contributed by atoms with Crippen LogP contribution in [-0.4, -0.2) is 61.0 Å². The highest BCUT2D eigenvalue weighted by Crippen LogP contribution is 2.28. The van der Waals surface area contributed by atoms with E-state index in [-0.39, 0.29) is 30.1 Å². The van der Waals surface area contributed by atoms with Crippen molar-refractivity contribution in [3.8, 4) is 0 Å². The summed E-state index contributed by atoms with van der Waals surface area (Å²) >= 11 is 0. The number of hydrogen-bond donors (Lipinski definition) is 0. The summed E-state index contributed by atoms with van der Waals surface area (Å²) < 4.78 is 1.92. The van der Waals surface area contributed by atoms with Gasteiger partial charge in [-0.1, -0.05) is 6.07 Å². The van der Waals surface area contributed by atoms with Crippen LogP contribution in [0, 0.1) is 5.92 Å². The van der Waals surface area contributed by atoms with Crippen LogP contribution < -0.4 is 0 Å². The van der Waals surface area contributed by atoms with E-state index in [0.29, 0.717) is 19.6 Å². The smallest absolute Gasteiger partial charge is 0.228 e. The van der Waals surface area contributed by atoms with E-state index in [1.54, 1.807) is 17.4 Å². The Kier molecular flexibility index (Phi) is 4.87. The molecule has 0 saturated carbocycles. The van der Waals surface area contributed by atoms with E-state index in [0.717, 1.165) is 30.9 Å². The van der Waals surface area contributed by atoms with E-state index in [1.807, 2.05) is 34.7 Å². The van der Waals surface area contributed by atoms with Crippen LogP contribution in [0.4, 0.5) is 0 Å². The molecular weight excluding hydrogens is 344 g/mol. The molecule has 2 aromatic rings. The lowest BCUT2D eigenvalue weighted by atomic mass is 9.95. The van der Waals surface area contributed by atoms with Gasteiger partial charge in [0, 0.05) is 45.2 Å². The lowest BCUT2D eigenvalue weighted by Gasteiger charge is -2.33. The minimum absolute atomic E-state index is 0.0286. The predicted molar refractivity (Wildman–Crippen MR) is 97.3 cm³/mol. The molecule has 2 amide bonds. The van der Waals surface area contributed by atoms with Gasteiger partial charge >= 0.3 is 0 Å². The molecule has 0 radical (unpaired) electrons. The Morgan fingerprint density at radius 1 is 1.30 bits per heavy atom. The Morgan fingerprint density at radius 2 is 2.19 bits per heavy atom. The summed E-state index contributed by atoms with van der Waals surface area (Å²) in [7, 11) is 1.93. The number of rotatable bonds is 4. The average Bonchev–Trinajstić information content (AvgIpc) is 3.28. The van der Waals surface area contributed by atoms with Gasteiger partial charge < -0.3 is 14.4 Å². The number of likely N-dealkylation sites (tertiary alicyclic amines) is 2.